The summed E-state index contributed by atoms with van der Waals surface area (Å²) in [4.78, 5) is 28.2. The Morgan fingerprint density at radius 2 is 1.75 bits per heavy atom. The predicted octanol–water partition coefficient (Wildman–Crippen LogP) is 4.25. The van der Waals surface area contributed by atoms with Crippen molar-refractivity contribution in [2.45, 2.75) is 44.2 Å². The zero-order chi connectivity index (χ0) is 20.4. The number of carbonyl (C=O) groups excluding carboxylic acids is 2. The summed E-state index contributed by atoms with van der Waals surface area (Å²) >= 11 is 1.61. The summed E-state index contributed by atoms with van der Waals surface area (Å²) in [7, 11) is 0. The molecular weight excluding hydrogens is 375 g/mol. The molecule has 0 spiro atoms. The first kappa shape index (κ1) is 22.0. The number of hydrogen-bond acceptors (Lipinski definition) is 3. The number of carbonyl (C=O) groups is 2. The summed E-state index contributed by atoms with van der Waals surface area (Å²) < 4.78 is 13.2. The van der Waals surface area contributed by atoms with Crippen LogP contribution in [0.2, 0.25) is 0 Å². The number of halogens is 1. The highest BCUT2D eigenvalue weighted by atomic mass is 32.2. The Morgan fingerprint density at radius 1 is 1.07 bits per heavy atom. The van der Waals surface area contributed by atoms with E-state index in [-0.39, 0.29) is 24.2 Å². The van der Waals surface area contributed by atoms with Crippen molar-refractivity contribution >= 4 is 23.6 Å². The molecule has 2 aromatic carbocycles. The molecule has 0 saturated heterocycles. The zero-order valence-corrected chi connectivity index (χ0v) is 17.2. The van der Waals surface area contributed by atoms with Crippen LogP contribution in [0, 0.1) is 5.82 Å². The van der Waals surface area contributed by atoms with Crippen molar-refractivity contribution in [1.82, 2.24) is 10.2 Å². The summed E-state index contributed by atoms with van der Waals surface area (Å²) in [6.07, 6.45) is 0.848. The van der Waals surface area contributed by atoms with Gasteiger partial charge in [-0.3, -0.25) is 9.59 Å². The molecule has 2 amide bonds. The van der Waals surface area contributed by atoms with Gasteiger partial charge in [0.15, 0.2) is 0 Å². The lowest BCUT2D eigenvalue weighted by Crippen LogP contribution is -2.49. The quantitative estimate of drug-likeness (QED) is 0.605. The van der Waals surface area contributed by atoms with Crippen LogP contribution in [0.4, 0.5) is 4.39 Å². The average Bonchev–Trinajstić information content (AvgIpc) is 2.70. The SMILES string of the molecule is CCNC(=O)[C@H](CC)N(Cc1ccc(F)cc1)C(=O)CCSc1ccccc1. The maximum Gasteiger partial charge on any atom is 0.242 e. The lowest BCUT2D eigenvalue weighted by atomic mass is 10.1. The van der Waals surface area contributed by atoms with E-state index in [2.05, 4.69) is 5.32 Å². The second-order valence-electron chi connectivity index (χ2n) is 6.38. The van der Waals surface area contributed by atoms with E-state index in [0.29, 0.717) is 25.1 Å². The minimum Gasteiger partial charge on any atom is -0.355 e. The fraction of sp³-hybridized carbons (Fsp3) is 0.364. The van der Waals surface area contributed by atoms with Gasteiger partial charge in [0.2, 0.25) is 11.8 Å². The van der Waals surface area contributed by atoms with Gasteiger partial charge in [0.1, 0.15) is 11.9 Å². The molecule has 0 radical (unpaired) electrons. The summed E-state index contributed by atoms with van der Waals surface area (Å²) in [6.45, 7) is 4.54. The molecule has 1 N–H and O–H groups in total. The van der Waals surface area contributed by atoms with E-state index in [1.165, 1.54) is 12.1 Å². The monoisotopic (exact) mass is 402 g/mol. The molecule has 2 aromatic rings. The first-order valence-corrected chi connectivity index (χ1v) is 10.5. The summed E-state index contributed by atoms with van der Waals surface area (Å²) in [5, 5.41) is 2.81. The van der Waals surface area contributed by atoms with E-state index in [9.17, 15) is 14.0 Å². The van der Waals surface area contributed by atoms with E-state index >= 15 is 0 Å². The molecule has 6 heteroatoms. The molecule has 0 aliphatic carbocycles. The van der Waals surface area contributed by atoms with Gasteiger partial charge in [-0.05, 0) is 43.2 Å². The summed E-state index contributed by atoms with van der Waals surface area (Å²) in [6, 6.07) is 15.4. The van der Waals surface area contributed by atoms with Gasteiger partial charge in [0.25, 0.3) is 0 Å². The van der Waals surface area contributed by atoms with Crippen LogP contribution >= 0.6 is 11.8 Å². The van der Waals surface area contributed by atoms with Crippen LogP contribution in [0.3, 0.4) is 0 Å². The van der Waals surface area contributed by atoms with E-state index in [1.807, 2.05) is 44.2 Å². The summed E-state index contributed by atoms with van der Waals surface area (Å²) in [5.74, 6) is 0.0768. The number of hydrogen-bond donors (Lipinski definition) is 1. The normalized spacial score (nSPS) is 11.7. The number of likely N-dealkylation sites (N-methyl/N-ethyl adjacent to an activating group) is 1. The average molecular weight is 403 g/mol. The molecule has 2 rings (SSSR count). The van der Waals surface area contributed by atoms with Crippen LogP contribution in [-0.2, 0) is 16.1 Å². The Kier molecular flexibility index (Phi) is 9.01. The van der Waals surface area contributed by atoms with Gasteiger partial charge in [-0.25, -0.2) is 4.39 Å². The van der Waals surface area contributed by atoms with Crippen molar-refractivity contribution < 1.29 is 14.0 Å². The first-order chi connectivity index (χ1) is 13.5. The molecule has 0 aliphatic rings. The topological polar surface area (TPSA) is 49.4 Å². The van der Waals surface area contributed by atoms with Gasteiger partial charge < -0.3 is 10.2 Å². The van der Waals surface area contributed by atoms with Gasteiger partial charge in [0, 0.05) is 30.2 Å². The molecule has 0 bridgehead atoms. The van der Waals surface area contributed by atoms with E-state index in [4.69, 9.17) is 0 Å². The molecule has 4 nitrogen and oxygen atoms in total. The van der Waals surface area contributed by atoms with E-state index < -0.39 is 6.04 Å². The minimum atomic E-state index is -0.542. The van der Waals surface area contributed by atoms with Crippen molar-refractivity contribution in [3.63, 3.8) is 0 Å². The maximum atomic E-state index is 13.2. The molecule has 1 atom stereocenters. The van der Waals surface area contributed by atoms with Crippen molar-refractivity contribution in [2.75, 3.05) is 12.3 Å². The number of benzene rings is 2. The smallest absolute Gasteiger partial charge is 0.242 e. The molecule has 0 aliphatic heterocycles. The Morgan fingerprint density at radius 3 is 2.36 bits per heavy atom. The highest BCUT2D eigenvalue weighted by Crippen LogP contribution is 2.20. The molecular formula is C22H27FN2O2S. The Labute approximate surface area is 170 Å². The number of amides is 2. The maximum absolute atomic E-state index is 13.2. The fourth-order valence-electron chi connectivity index (χ4n) is 2.91. The van der Waals surface area contributed by atoms with Crippen molar-refractivity contribution in [3.8, 4) is 0 Å². The molecule has 0 unspecified atom stereocenters. The van der Waals surface area contributed by atoms with E-state index in [1.54, 1.807) is 28.8 Å². The van der Waals surface area contributed by atoms with E-state index in [0.717, 1.165) is 10.5 Å². The van der Waals surface area contributed by atoms with Gasteiger partial charge in [0.05, 0.1) is 0 Å². The van der Waals surface area contributed by atoms with Crippen LogP contribution in [0.15, 0.2) is 59.5 Å². The van der Waals surface area contributed by atoms with Crippen LogP contribution in [-0.4, -0.2) is 35.1 Å². The fourth-order valence-corrected chi connectivity index (χ4v) is 3.78. The highest BCUT2D eigenvalue weighted by Gasteiger charge is 2.28. The van der Waals surface area contributed by atoms with Gasteiger partial charge in [-0.1, -0.05) is 37.3 Å². The first-order valence-electron chi connectivity index (χ1n) is 9.54. The third-order valence-electron chi connectivity index (χ3n) is 4.33. The minimum absolute atomic E-state index is 0.0779. The highest BCUT2D eigenvalue weighted by molar-refractivity contribution is 7.99. The van der Waals surface area contributed by atoms with Crippen LogP contribution in [0.25, 0.3) is 0 Å². The number of thioether (sulfide) groups is 1. The Hall–Kier alpha value is -2.34. The number of nitrogens with one attached hydrogen (secondary N) is 1. The van der Waals surface area contributed by atoms with Crippen LogP contribution in [0.5, 0.6) is 0 Å². The van der Waals surface area contributed by atoms with Gasteiger partial charge in [-0.15, -0.1) is 11.8 Å². The third kappa shape index (κ3) is 6.68. The van der Waals surface area contributed by atoms with Crippen molar-refractivity contribution in [3.05, 3.63) is 66.0 Å². The Balaban J connectivity index is 2.09. The molecule has 0 aromatic heterocycles. The predicted molar refractivity (Wildman–Crippen MR) is 111 cm³/mol. The van der Waals surface area contributed by atoms with Gasteiger partial charge >= 0.3 is 0 Å². The molecule has 150 valence electrons. The lowest BCUT2D eigenvalue weighted by molar-refractivity contribution is -0.141. The zero-order valence-electron chi connectivity index (χ0n) is 16.4. The standard InChI is InChI=1S/C22H27FN2O2S/c1-3-20(22(27)24-4-2)25(16-17-10-12-18(23)13-11-17)21(26)14-15-28-19-8-6-5-7-9-19/h5-13,20H,3-4,14-16H2,1-2H3,(H,24,27)/t20-/m0/s1. The summed E-state index contributed by atoms with van der Waals surface area (Å²) in [5.41, 5.74) is 0.799. The van der Waals surface area contributed by atoms with Crippen LogP contribution < -0.4 is 5.32 Å². The van der Waals surface area contributed by atoms with Crippen molar-refractivity contribution in [1.29, 1.82) is 0 Å². The number of nitrogens with zero attached hydrogens (tertiary/aromatic N) is 1. The second-order valence-corrected chi connectivity index (χ2v) is 7.55. The molecule has 0 heterocycles. The van der Waals surface area contributed by atoms with Crippen molar-refractivity contribution in [2.24, 2.45) is 0 Å². The second kappa shape index (κ2) is 11.5. The lowest BCUT2D eigenvalue weighted by Gasteiger charge is -2.30. The number of rotatable bonds is 10. The molecule has 28 heavy (non-hydrogen) atoms. The third-order valence-corrected chi connectivity index (χ3v) is 5.34. The largest absolute Gasteiger partial charge is 0.355 e. The van der Waals surface area contributed by atoms with Gasteiger partial charge in [-0.2, -0.15) is 0 Å². The molecule has 0 fully saturated rings. The Bertz CT molecular complexity index is 753. The molecule has 0 saturated carbocycles. The van der Waals surface area contributed by atoms with Crippen LogP contribution in [0.1, 0.15) is 32.3 Å².